The highest BCUT2D eigenvalue weighted by Crippen LogP contribution is 2.29. The quantitative estimate of drug-likeness (QED) is 0.905. The predicted octanol–water partition coefficient (Wildman–Crippen LogP) is 3.05. The van der Waals surface area contributed by atoms with Crippen LogP contribution >= 0.6 is 35.1 Å². The van der Waals surface area contributed by atoms with Crippen molar-refractivity contribution in [1.29, 1.82) is 0 Å². The molecule has 1 aliphatic heterocycles. The van der Waals surface area contributed by atoms with Crippen molar-refractivity contribution in [2.24, 2.45) is 5.92 Å². The van der Waals surface area contributed by atoms with Crippen molar-refractivity contribution in [2.75, 3.05) is 13.1 Å². The second-order valence-corrected chi connectivity index (χ2v) is 6.62. The van der Waals surface area contributed by atoms with E-state index in [2.05, 4.69) is 33.5 Å². The predicted molar refractivity (Wildman–Crippen MR) is 86.8 cm³/mol. The molecule has 3 heterocycles. The molecule has 2 aromatic rings. The summed E-state index contributed by atoms with van der Waals surface area (Å²) in [6, 6.07) is 8.24. The highest BCUT2D eigenvalue weighted by molar-refractivity contribution is 7.11. The summed E-state index contributed by atoms with van der Waals surface area (Å²) in [6.45, 7) is 1.74. The van der Waals surface area contributed by atoms with Crippen LogP contribution in [0.3, 0.4) is 0 Å². The van der Waals surface area contributed by atoms with Crippen LogP contribution < -0.4 is 10.6 Å². The first kappa shape index (κ1) is 15.5. The lowest BCUT2D eigenvalue weighted by Gasteiger charge is -2.18. The zero-order valence-electron chi connectivity index (χ0n) is 10.9. The summed E-state index contributed by atoms with van der Waals surface area (Å²) in [6.07, 6.45) is 0.938. The van der Waals surface area contributed by atoms with E-state index in [1.54, 1.807) is 22.7 Å². The molecule has 0 radical (unpaired) electrons. The van der Waals surface area contributed by atoms with E-state index in [4.69, 9.17) is 0 Å². The fraction of sp³-hybridized carbons (Fsp3) is 0.357. The Morgan fingerprint density at radius 3 is 2.35 bits per heavy atom. The fourth-order valence-electron chi connectivity index (χ4n) is 2.33. The van der Waals surface area contributed by atoms with Crippen LogP contribution in [0.1, 0.15) is 22.2 Å². The van der Waals surface area contributed by atoms with Gasteiger partial charge in [0.25, 0.3) is 0 Å². The standard InChI is InChI=1S/C14H16N2OS2.ClH/c17-14(10-5-6-15-9-10)16-13(11-3-1-7-18-11)12-4-2-8-19-12;/h1-4,7-8,10,13,15H,5-6,9H2,(H,16,17);1H. The maximum atomic E-state index is 12.3. The molecule has 1 amide bonds. The van der Waals surface area contributed by atoms with E-state index in [-0.39, 0.29) is 30.3 Å². The highest BCUT2D eigenvalue weighted by atomic mass is 35.5. The number of nitrogens with one attached hydrogen (secondary N) is 2. The van der Waals surface area contributed by atoms with Crippen LogP contribution in [0.5, 0.6) is 0 Å². The van der Waals surface area contributed by atoms with Gasteiger partial charge in [0.05, 0.1) is 12.0 Å². The Bertz CT molecular complexity index is 487. The molecular formula is C14H17ClN2OS2. The van der Waals surface area contributed by atoms with Crippen molar-refractivity contribution < 1.29 is 4.79 Å². The Morgan fingerprint density at radius 1 is 1.25 bits per heavy atom. The van der Waals surface area contributed by atoms with Crippen LogP contribution in [-0.4, -0.2) is 19.0 Å². The van der Waals surface area contributed by atoms with Crippen molar-refractivity contribution in [3.05, 3.63) is 44.8 Å². The molecule has 108 valence electrons. The van der Waals surface area contributed by atoms with Crippen LogP contribution in [0.15, 0.2) is 35.0 Å². The average Bonchev–Trinajstić information content (AvgIpc) is 3.17. The lowest BCUT2D eigenvalue weighted by molar-refractivity contribution is -0.124. The van der Waals surface area contributed by atoms with Gasteiger partial charge in [0.1, 0.15) is 0 Å². The molecule has 0 bridgehead atoms. The van der Waals surface area contributed by atoms with Gasteiger partial charge in [-0.25, -0.2) is 0 Å². The third-order valence-corrected chi connectivity index (χ3v) is 5.25. The Kier molecular flexibility index (Phi) is 5.60. The van der Waals surface area contributed by atoms with E-state index >= 15 is 0 Å². The van der Waals surface area contributed by atoms with E-state index in [1.807, 2.05) is 12.1 Å². The van der Waals surface area contributed by atoms with Gasteiger partial charge in [-0.05, 0) is 35.9 Å². The SMILES string of the molecule is Cl.O=C(NC(c1cccs1)c1cccs1)C1CCNC1. The summed E-state index contributed by atoms with van der Waals surface area (Å²) < 4.78 is 0. The molecule has 3 nitrogen and oxygen atoms in total. The van der Waals surface area contributed by atoms with Gasteiger partial charge < -0.3 is 10.6 Å². The van der Waals surface area contributed by atoms with Crippen molar-refractivity contribution >= 4 is 41.0 Å². The molecule has 6 heteroatoms. The van der Waals surface area contributed by atoms with Crippen molar-refractivity contribution in [3.8, 4) is 0 Å². The summed E-state index contributed by atoms with van der Waals surface area (Å²) in [5, 5.41) is 10.6. The fourth-order valence-corrected chi connectivity index (χ4v) is 3.99. The van der Waals surface area contributed by atoms with E-state index in [0.29, 0.717) is 0 Å². The zero-order valence-corrected chi connectivity index (χ0v) is 13.3. The molecule has 2 N–H and O–H groups in total. The first-order valence-electron chi connectivity index (χ1n) is 6.42. The summed E-state index contributed by atoms with van der Waals surface area (Å²) in [5.41, 5.74) is 0. The molecule has 0 spiro atoms. The van der Waals surface area contributed by atoms with Gasteiger partial charge in [-0.1, -0.05) is 12.1 Å². The summed E-state index contributed by atoms with van der Waals surface area (Å²) >= 11 is 3.38. The third kappa shape index (κ3) is 3.41. The molecule has 3 rings (SSSR count). The van der Waals surface area contributed by atoms with Gasteiger partial charge >= 0.3 is 0 Å². The molecule has 1 atom stereocenters. The van der Waals surface area contributed by atoms with Gasteiger partial charge in [-0.3, -0.25) is 4.79 Å². The monoisotopic (exact) mass is 328 g/mol. The van der Waals surface area contributed by atoms with E-state index in [1.165, 1.54) is 9.75 Å². The van der Waals surface area contributed by atoms with Crippen molar-refractivity contribution in [2.45, 2.75) is 12.5 Å². The third-order valence-electron chi connectivity index (χ3n) is 3.37. The molecule has 1 unspecified atom stereocenters. The maximum Gasteiger partial charge on any atom is 0.225 e. The van der Waals surface area contributed by atoms with Crippen molar-refractivity contribution in [1.82, 2.24) is 10.6 Å². The Balaban J connectivity index is 0.00000147. The first-order chi connectivity index (χ1) is 9.34. The zero-order chi connectivity index (χ0) is 13.1. The van der Waals surface area contributed by atoms with Gasteiger partial charge in [-0.15, -0.1) is 35.1 Å². The number of halogens is 1. The first-order valence-corrected chi connectivity index (χ1v) is 8.18. The maximum absolute atomic E-state index is 12.3. The number of thiophene rings is 2. The lowest BCUT2D eigenvalue weighted by Crippen LogP contribution is -2.34. The van der Waals surface area contributed by atoms with Gasteiger partial charge in [0.15, 0.2) is 0 Å². The Hall–Kier alpha value is -0.880. The second kappa shape index (κ2) is 7.22. The molecular weight excluding hydrogens is 312 g/mol. The van der Waals surface area contributed by atoms with Crippen LogP contribution in [0.25, 0.3) is 0 Å². The highest BCUT2D eigenvalue weighted by Gasteiger charge is 2.26. The summed E-state index contributed by atoms with van der Waals surface area (Å²) in [5.74, 6) is 0.277. The topological polar surface area (TPSA) is 41.1 Å². The number of hydrogen-bond donors (Lipinski definition) is 2. The molecule has 1 fully saturated rings. The van der Waals surface area contributed by atoms with Crippen LogP contribution in [0.4, 0.5) is 0 Å². The number of hydrogen-bond acceptors (Lipinski definition) is 4. The number of rotatable bonds is 4. The summed E-state index contributed by atoms with van der Waals surface area (Å²) in [4.78, 5) is 14.7. The Morgan fingerprint density at radius 2 is 1.90 bits per heavy atom. The van der Waals surface area contributed by atoms with Gasteiger partial charge in [-0.2, -0.15) is 0 Å². The number of amides is 1. The molecule has 0 aliphatic carbocycles. The minimum Gasteiger partial charge on any atom is -0.343 e. The normalized spacial score (nSPS) is 17.9. The van der Waals surface area contributed by atoms with Gasteiger partial charge in [0, 0.05) is 16.3 Å². The summed E-state index contributed by atoms with van der Waals surface area (Å²) in [7, 11) is 0. The lowest BCUT2D eigenvalue weighted by atomic mass is 10.1. The largest absolute Gasteiger partial charge is 0.343 e. The molecule has 2 aromatic heterocycles. The minimum absolute atomic E-state index is 0. The van der Waals surface area contributed by atoms with E-state index in [9.17, 15) is 4.79 Å². The van der Waals surface area contributed by atoms with Gasteiger partial charge in [0.2, 0.25) is 5.91 Å². The smallest absolute Gasteiger partial charge is 0.225 e. The second-order valence-electron chi connectivity index (χ2n) is 4.66. The van der Waals surface area contributed by atoms with E-state index < -0.39 is 0 Å². The molecule has 1 aliphatic rings. The number of carbonyl (C=O) groups is 1. The molecule has 0 aromatic carbocycles. The molecule has 20 heavy (non-hydrogen) atoms. The van der Waals surface area contributed by atoms with Crippen molar-refractivity contribution in [3.63, 3.8) is 0 Å². The minimum atomic E-state index is 0. The Labute approximate surface area is 132 Å². The van der Waals surface area contributed by atoms with E-state index in [0.717, 1.165) is 19.5 Å². The molecule has 1 saturated heterocycles. The average molecular weight is 329 g/mol. The van der Waals surface area contributed by atoms with Crippen LogP contribution in [0, 0.1) is 5.92 Å². The van der Waals surface area contributed by atoms with Crippen LogP contribution in [-0.2, 0) is 4.79 Å². The molecule has 0 saturated carbocycles. The number of carbonyl (C=O) groups excluding carboxylic acids is 1. The van der Waals surface area contributed by atoms with Crippen LogP contribution in [0.2, 0.25) is 0 Å².